The molecule has 0 aliphatic heterocycles. The van der Waals surface area contributed by atoms with Crippen LogP contribution in [0.15, 0.2) is 28.4 Å². The summed E-state index contributed by atoms with van der Waals surface area (Å²) >= 11 is 0. The molecular weight excluding hydrogens is 174 g/mol. The average molecular weight is 191 g/mol. The first-order chi connectivity index (χ1) is 6.45. The predicted octanol–water partition coefficient (Wildman–Crippen LogP) is 2.70. The van der Waals surface area contributed by atoms with Gasteiger partial charge in [0.25, 0.3) is 0 Å². The molecule has 14 heavy (non-hydrogen) atoms. The second-order valence-electron chi connectivity index (χ2n) is 4.33. The fourth-order valence-electron chi connectivity index (χ4n) is 1.09. The second kappa shape index (κ2) is 3.78. The first kappa shape index (κ1) is 10.7. The van der Waals surface area contributed by atoms with Crippen LogP contribution in [0.5, 0.6) is 0 Å². The maximum atomic E-state index is 4.41. The quantitative estimate of drug-likeness (QED) is 0.482. The van der Waals surface area contributed by atoms with E-state index in [0.717, 1.165) is 11.5 Å². The lowest BCUT2D eigenvalue weighted by atomic mass is 9.95. The Morgan fingerprint density at radius 2 is 2.07 bits per heavy atom. The second-order valence-corrected chi connectivity index (χ2v) is 4.33. The molecule has 0 saturated carbocycles. The van der Waals surface area contributed by atoms with Crippen molar-refractivity contribution in [3.63, 3.8) is 0 Å². The van der Waals surface area contributed by atoms with Crippen molar-refractivity contribution in [2.24, 2.45) is 15.5 Å². The molecule has 0 bridgehead atoms. The van der Waals surface area contributed by atoms with Crippen LogP contribution in [-0.4, -0.2) is 17.2 Å². The van der Waals surface area contributed by atoms with Crippen molar-refractivity contribution in [3.05, 3.63) is 24.0 Å². The van der Waals surface area contributed by atoms with E-state index in [0.29, 0.717) is 0 Å². The zero-order valence-corrected chi connectivity index (χ0v) is 9.28. The van der Waals surface area contributed by atoms with E-state index >= 15 is 0 Å². The number of rotatable bonds is 1. The Balaban J connectivity index is 3.08. The Morgan fingerprint density at radius 3 is 2.43 bits per heavy atom. The maximum Gasteiger partial charge on any atom is 0.153 e. The zero-order valence-electron chi connectivity index (χ0n) is 9.28. The fourth-order valence-corrected chi connectivity index (χ4v) is 1.09. The van der Waals surface area contributed by atoms with E-state index in [-0.39, 0.29) is 5.41 Å². The molecule has 3 heteroatoms. The SMILES string of the molecule is C=N/C(=N\n1cccc1C)C(C)(C)C. The van der Waals surface area contributed by atoms with Crippen molar-refractivity contribution in [2.75, 3.05) is 0 Å². The summed E-state index contributed by atoms with van der Waals surface area (Å²) in [5, 5.41) is 4.41. The Morgan fingerprint density at radius 1 is 1.43 bits per heavy atom. The highest BCUT2D eigenvalue weighted by molar-refractivity contribution is 5.90. The molecule has 1 heterocycles. The van der Waals surface area contributed by atoms with Crippen LogP contribution in [0.4, 0.5) is 0 Å². The molecule has 3 nitrogen and oxygen atoms in total. The molecule has 0 aromatic carbocycles. The fraction of sp³-hybridized carbons (Fsp3) is 0.455. The molecule has 76 valence electrons. The van der Waals surface area contributed by atoms with E-state index in [1.165, 1.54) is 0 Å². The molecule has 0 aliphatic carbocycles. The van der Waals surface area contributed by atoms with Gasteiger partial charge >= 0.3 is 0 Å². The topological polar surface area (TPSA) is 29.6 Å². The van der Waals surface area contributed by atoms with Crippen molar-refractivity contribution in [3.8, 4) is 0 Å². The molecule has 0 unspecified atom stereocenters. The van der Waals surface area contributed by atoms with E-state index in [9.17, 15) is 0 Å². The Bertz CT molecular complexity index is 353. The van der Waals surface area contributed by atoms with E-state index in [1.54, 1.807) is 0 Å². The third-order valence-corrected chi connectivity index (χ3v) is 1.95. The molecule has 1 aromatic rings. The summed E-state index contributed by atoms with van der Waals surface area (Å²) in [6.45, 7) is 11.8. The van der Waals surface area contributed by atoms with Crippen LogP contribution in [0.1, 0.15) is 26.5 Å². The monoisotopic (exact) mass is 191 g/mol. The molecule has 1 aromatic heterocycles. The molecule has 0 radical (unpaired) electrons. The van der Waals surface area contributed by atoms with Crippen LogP contribution in [0.3, 0.4) is 0 Å². The molecule has 0 aliphatic rings. The number of aryl methyl sites for hydroxylation is 1. The highest BCUT2D eigenvalue weighted by atomic mass is 15.4. The van der Waals surface area contributed by atoms with Gasteiger partial charge in [-0.3, -0.25) is 0 Å². The minimum atomic E-state index is -0.0710. The zero-order chi connectivity index (χ0) is 10.8. The summed E-state index contributed by atoms with van der Waals surface area (Å²) in [5.74, 6) is 0.747. The largest absolute Gasteiger partial charge is 0.247 e. The molecule has 1 rings (SSSR count). The Hall–Kier alpha value is -1.38. The van der Waals surface area contributed by atoms with Gasteiger partial charge in [0.2, 0.25) is 0 Å². The maximum absolute atomic E-state index is 4.41. The molecular formula is C11H17N3. The van der Waals surface area contributed by atoms with Gasteiger partial charge in [0.1, 0.15) is 0 Å². The van der Waals surface area contributed by atoms with Gasteiger partial charge in [-0.25, -0.2) is 9.67 Å². The van der Waals surface area contributed by atoms with E-state index in [4.69, 9.17) is 0 Å². The molecule has 0 N–H and O–H groups in total. The smallest absolute Gasteiger partial charge is 0.153 e. The summed E-state index contributed by atoms with van der Waals surface area (Å²) in [5.41, 5.74) is 1.02. The van der Waals surface area contributed by atoms with Gasteiger partial charge in [0, 0.05) is 17.3 Å². The highest BCUT2D eigenvalue weighted by Gasteiger charge is 2.18. The van der Waals surface area contributed by atoms with Crippen molar-refractivity contribution < 1.29 is 0 Å². The minimum Gasteiger partial charge on any atom is -0.247 e. The standard InChI is InChI=1S/C11H17N3/c1-9-7-6-8-14(9)13-10(12-5)11(2,3)4/h6-8H,5H2,1-4H3/b13-10-. The summed E-state index contributed by atoms with van der Waals surface area (Å²) in [6.07, 6.45) is 1.91. The van der Waals surface area contributed by atoms with Gasteiger partial charge in [0.05, 0.1) is 0 Å². The number of hydrogen-bond donors (Lipinski definition) is 0. The lowest BCUT2D eigenvalue weighted by Gasteiger charge is -2.17. The Kier molecular flexibility index (Phi) is 2.89. The van der Waals surface area contributed by atoms with Gasteiger partial charge in [-0.2, -0.15) is 5.10 Å². The van der Waals surface area contributed by atoms with Crippen LogP contribution in [0.25, 0.3) is 0 Å². The normalized spacial score (nSPS) is 13.0. The van der Waals surface area contributed by atoms with Gasteiger partial charge in [-0.05, 0) is 25.8 Å². The summed E-state index contributed by atoms with van der Waals surface area (Å²) in [4.78, 5) is 3.95. The molecule has 0 amide bonds. The number of amidine groups is 1. The molecule has 0 fully saturated rings. The van der Waals surface area contributed by atoms with Crippen molar-refractivity contribution >= 4 is 12.6 Å². The van der Waals surface area contributed by atoms with E-state index in [2.05, 4.69) is 37.6 Å². The van der Waals surface area contributed by atoms with Crippen molar-refractivity contribution in [1.29, 1.82) is 0 Å². The number of aromatic nitrogens is 1. The first-order valence-corrected chi connectivity index (χ1v) is 4.65. The van der Waals surface area contributed by atoms with Crippen molar-refractivity contribution in [1.82, 2.24) is 4.68 Å². The predicted molar refractivity (Wildman–Crippen MR) is 61.0 cm³/mol. The number of nitrogens with zero attached hydrogens (tertiary/aromatic N) is 3. The number of hydrogen-bond acceptors (Lipinski definition) is 1. The van der Waals surface area contributed by atoms with Gasteiger partial charge < -0.3 is 0 Å². The van der Waals surface area contributed by atoms with Crippen LogP contribution < -0.4 is 0 Å². The van der Waals surface area contributed by atoms with E-state index < -0.39 is 0 Å². The minimum absolute atomic E-state index is 0.0710. The molecule has 0 atom stereocenters. The van der Waals surface area contributed by atoms with Crippen LogP contribution in [0.2, 0.25) is 0 Å². The summed E-state index contributed by atoms with van der Waals surface area (Å²) in [6, 6.07) is 3.97. The highest BCUT2D eigenvalue weighted by Crippen LogP contribution is 2.17. The third-order valence-electron chi connectivity index (χ3n) is 1.95. The van der Waals surface area contributed by atoms with Gasteiger partial charge in [-0.15, -0.1) is 0 Å². The van der Waals surface area contributed by atoms with Gasteiger partial charge in [0.15, 0.2) is 5.84 Å². The van der Waals surface area contributed by atoms with E-state index in [1.807, 2.05) is 29.9 Å². The van der Waals surface area contributed by atoms with Crippen molar-refractivity contribution in [2.45, 2.75) is 27.7 Å². The molecule has 0 saturated heterocycles. The van der Waals surface area contributed by atoms with Crippen LogP contribution in [-0.2, 0) is 0 Å². The van der Waals surface area contributed by atoms with Gasteiger partial charge in [-0.1, -0.05) is 20.8 Å². The summed E-state index contributed by atoms with van der Waals surface area (Å²) in [7, 11) is 0. The first-order valence-electron chi connectivity index (χ1n) is 4.65. The van der Waals surface area contributed by atoms with Crippen LogP contribution >= 0.6 is 0 Å². The van der Waals surface area contributed by atoms with Crippen LogP contribution in [0, 0.1) is 12.3 Å². The molecule has 0 spiro atoms. The Labute approximate surface area is 85.2 Å². The average Bonchev–Trinajstić information content (AvgIpc) is 2.45. The lowest BCUT2D eigenvalue weighted by molar-refractivity contribution is 0.576. The third kappa shape index (κ3) is 2.31. The lowest BCUT2D eigenvalue weighted by Crippen LogP contribution is -2.19. The number of aliphatic imine (C=N–C) groups is 1. The summed E-state index contributed by atoms with van der Waals surface area (Å²) < 4.78 is 1.81.